The highest BCUT2D eigenvalue weighted by atomic mass is 14.3. The first-order chi connectivity index (χ1) is 11.3. The standard InChI is InChI=1S/C22H19B/c23-20-14-19-9-4-5-12-21(19)22(15-20)18-11-6-10-17(13-18)16-7-2-1-3-8-16/h1-13,20,22H,14-15H2/t20-,22-/m0/s1. The second-order valence-corrected chi connectivity index (χ2v) is 6.44. The van der Waals surface area contributed by atoms with Gasteiger partial charge in [0.2, 0.25) is 0 Å². The third-order valence-electron chi connectivity index (χ3n) is 4.85. The molecule has 2 radical (unpaired) electrons. The van der Waals surface area contributed by atoms with Crippen LogP contribution in [0.5, 0.6) is 0 Å². The Kier molecular flexibility index (Phi) is 3.79. The quantitative estimate of drug-likeness (QED) is 0.556. The van der Waals surface area contributed by atoms with Gasteiger partial charge in [-0.25, -0.2) is 0 Å². The van der Waals surface area contributed by atoms with Crippen molar-refractivity contribution in [2.45, 2.75) is 24.6 Å². The van der Waals surface area contributed by atoms with Crippen LogP contribution in [0.15, 0.2) is 78.9 Å². The highest BCUT2D eigenvalue weighted by Crippen LogP contribution is 2.41. The number of rotatable bonds is 2. The van der Waals surface area contributed by atoms with E-state index in [9.17, 15) is 0 Å². The maximum absolute atomic E-state index is 6.33. The van der Waals surface area contributed by atoms with E-state index in [1.54, 1.807) is 0 Å². The topological polar surface area (TPSA) is 0 Å². The lowest BCUT2D eigenvalue weighted by Gasteiger charge is -2.30. The first-order valence-electron chi connectivity index (χ1n) is 8.30. The Morgan fingerprint density at radius 2 is 1.48 bits per heavy atom. The molecule has 0 fully saturated rings. The molecule has 2 atom stereocenters. The van der Waals surface area contributed by atoms with Crippen molar-refractivity contribution in [3.05, 3.63) is 95.6 Å². The molecule has 0 saturated carbocycles. The summed E-state index contributed by atoms with van der Waals surface area (Å²) in [6.07, 6.45) is 2.01. The lowest BCUT2D eigenvalue weighted by atomic mass is 9.67. The average Bonchev–Trinajstić information content (AvgIpc) is 2.62. The summed E-state index contributed by atoms with van der Waals surface area (Å²) in [5.74, 6) is 0.647. The zero-order valence-corrected chi connectivity index (χ0v) is 13.2. The summed E-state index contributed by atoms with van der Waals surface area (Å²) >= 11 is 0. The van der Waals surface area contributed by atoms with E-state index < -0.39 is 0 Å². The van der Waals surface area contributed by atoms with Gasteiger partial charge in [-0.2, -0.15) is 0 Å². The molecule has 110 valence electrons. The molecule has 3 aromatic carbocycles. The Morgan fingerprint density at radius 1 is 0.739 bits per heavy atom. The van der Waals surface area contributed by atoms with Gasteiger partial charge in [0.1, 0.15) is 0 Å². The summed E-state index contributed by atoms with van der Waals surface area (Å²) in [7, 11) is 6.33. The van der Waals surface area contributed by atoms with Crippen LogP contribution in [0.25, 0.3) is 11.1 Å². The summed E-state index contributed by atoms with van der Waals surface area (Å²) in [5, 5.41) is 0. The van der Waals surface area contributed by atoms with Gasteiger partial charge in [0, 0.05) is 5.92 Å². The Bertz CT molecular complexity index is 807. The van der Waals surface area contributed by atoms with E-state index >= 15 is 0 Å². The van der Waals surface area contributed by atoms with E-state index in [1.165, 1.54) is 27.8 Å². The Labute approximate surface area is 139 Å². The number of hydrogen-bond acceptors (Lipinski definition) is 0. The number of hydrogen-bond donors (Lipinski definition) is 0. The van der Waals surface area contributed by atoms with Crippen molar-refractivity contribution in [3.63, 3.8) is 0 Å². The van der Waals surface area contributed by atoms with Crippen molar-refractivity contribution >= 4 is 7.85 Å². The van der Waals surface area contributed by atoms with Gasteiger partial charge < -0.3 is 0 Å². The second-order valence-electron chi connectivity index (χ2n) is 6.44. The molecule has 0 aromatic heterocycles. The zero-order chi connectivity index (χ0) is 15.6. The average molecular weight is 294 g/mol. The highest BCUT2D eigenvalue weighted by Gasteiger charge is 2.25. The SMILES string of the molecule is [B][C@H]1Cc2ccccc2[C@H](c2cccc(-c3ccccc3)c2)C1. The first kappa shape index (κ1) is 14.3. The van der Waals surface area contributed by atoms with Crippen molar-refractivity contribution in [2.75, 3.05) is 0 Å². The Hall–Kier alpha value is -2.28. The molecular weight excluding hydrogens is 275 g/mol. The molecule has 23 heavy (non-hydrogen) atoms. The molecule has 0 heterocycles. The molecule has 0 bridgehead atoms. The molecule has 0 N–H and O–H groups in total. The van der Waals surface area contributed by atoms with E-state index in [4.69, 9.17) is 7.85 Å². The van der Waals surface area contributed by atoms with E-state index in [1.807, 2.05) is 0 Å². The van der Waals surface area contributed by atoms with Crippen molar-refractivity contribution in [1.29, 1.82) is 0 Å². The summed E-state index contributed by atoms with van der Waals surface area (Å²) in [5.41, 5.74) is 6.76. The highest BCUT2D eigenvalue weighted by molar-refractivity contribution is 6.12. The lowest BCUT2D eigenvalue weighted by molar-refractivity contribution is 0.615. The lowest BCUT2D eigenvalue weighted by Crippen LogP contribution is -2.16. The van der Waals surface area contributed by atoms with Gasteiger partial charge in [-0.15, -0.1) is 0 Å². The van der Waals surface area contributed by atoms with Crippen LogP contribution in [0.4, 0.5) is 0 Å². The van der Waals surface area contributed by atoms with Crippen LogP contribution in [-0.4, -0.2) is 7.85 Å². The summed E-state index contributed by atoms with van der Waals surface area (Å²) in [6.45, 7) is 0. The predicted octanol–water partition coefficient (Wildman–Crippen LogP) is 5.39. The summed E-state index contributed by atoms with van der Waals surface area (Å²) in [4.78, 5) is 0. The summed E-state index contributed by atoms with van der Waals surface area (Å²) < 4.78 is 0. The fourth-order valence-corrected chi connectivity index (χ4v) is 3.74. The van der Waals surface area contributed by atoms with Crippen molar-refractivity contribution in [1.82, 2.24) is 0 Å². The van der Waals surface area contributed by atoms with Crippen LogP contribution in [0.3, 0.4) is 0 Å². The van der Waals surface area contributed by atoms with Crippen LogP contribution in [0.2, 0.25) is 5.82 Å². The van der Waals surface area contributed by atoms with Gasteiger partial charge in [0.05, 0.1) is 7.85 Å². The smallest absolute Gasteiger partial charge is 0.0704 e. The van der Waals surface area contributed by atoms with Gasteiger partial charge in [-0.05, 0) is 40.7 Å². The van der Waals surface area contributed by atoms with Crippen LogP contribution in [-0.2, 0) is 6.42 Å². The monoisotopic (exact) mass is 294 g/mol. The zero-order valence-electron chi connectivity index (χ0n) is 13.2. The van der Waals surface area contributed by atoms with Gasteiger partial charge in [-0.1, -0.05) is 84.7 Å². The largest absolute Gasteiger partial charge is 0.0725 e. The second kappa shape index (κ2) is 6.08. The fraction of sp³-hybridized carbons (Fsp3) is 0.182. The van der Waals surface area contributed by atoms with Crippen LogP contribution < -0.4 is 0 Å². The van der Waals surface area contributed by atoms with E-state index in [0.717, 1.165) is 12.8 Å². The Balaban J connectivity index is 1.77. The third-order valence-corrected chi connectivity index (χ3v) is 4.85. The molecule has 0 saturated heterocycles. The normalized spacial score (nSPS) is 20.0. The molecule has 1 heteroatoms. The predicted molar refractivity (Wildman–Crippen MR) is 98.0 cm³/mol. The molecule has 3 aromatic rings. The van der Waals surface area contributed by atoms with Crippen LogP contribution >= 0.6 is 0 Å². The minimum atomic E-state index is 0.246. The van der Waals surface area contributed by atoms with Crippen LogP contribution in [0.1, 0.15) is 29.0 Å². The minimum Gasteiger partial charge on any atom is -0.0725 e. The minimum absolute atomic E-state index is 0.246. The maximum atomic E-state index is 6.33. The first-order valence-corrected chi connectivity index (χ1v) is 8.30. The molecule has 0 nitrogen and oxygen atoms in total. The molecule has 4 rings (SSSR count). The van der Waals surface area contributed by atoms with E-state index in [0.29, 0.717) is 5.92 Å². The van der Waals surface area contributed by atoms with Gasteiger partial charge >= 0.3 is 0 Å². The van der Waals surface area contributed by atoms with Crippen molar-refractivity contribution in [3.8, 4) is 11.1 Å². The third kappa shape index (κ3) is 2.84. The van der Waals surface area contributed by atoms with E-state index in [-0.39, 0.29) is 5.82 Å². The molecule has 1 aliphatic carbocycles. The molecule has 0 spiro atoms. The molecular formula is C22H19B. The maximum Gasteiger partial charge on any atom is 0.0704 e. The van der Waals surface area contributed by atoms with Crippen molar-refractivity contribution in [2.24, 2.45) is 0 Å². The fourth-order valence-electron chi connectivity index (χ4n) is 3.74. The number of benzene rings is 3. The molecule has 0 unspecified atom stereocenters. The van der Waals surface area contributed by atoms with Gasteiger partial charge in [-0.3, -0.25) is 0 Å². The van der Waals surface area contributed by atoms with Gasteiger partial charge in [0.25, 0.3) is 0 Å². The molecule has 0 aliphatic heterocycles. The van der Waals surface area contributed by atoms with Crippen molar-refractivity contribution < 1.29 is 0 Å². The summed E-state index contributed by atoms with van der Waals surface area (Å²) in [6, 6.07) is 28.3. The molecule has 1 aliphatic rings. The Morgan fingerprint density at radius 3 is 2.35 bits per heavy atom. The van der Waals surface area contributed by atoms with Crippen LogP contribution in [0, 0.1) is 0 Å². The van der Waals surface area contributed by atoms with Gasteiger partial charge in [0.15, 0.2) is 0 Å². The molecule has 0 amide bonds. The van der Waals surface area contributed by atoms with E-state index in [2.05, 4.69) is 78.9 Å². The number of fused-ring (bicyclic) bond motifs is 1.